The minimum absolute atomic E-state index is 0.151. The Morgan fingerprint density at radius 1 is 0.963 bits per heavy atom. The van der Waals surface area contributed by atoms with E-state index in [1.54, 1.807) is 36.4 Å². The summed E-state index contributed by atoms with van der Waals surface area (Å²) in [6.07, 6.45) is 0. The maximum atomic E-state index is 10.4. The van der Waals surface area contributed by atoms with Gasteiger partial charge in [-0.15, -0.1) is 0 Å². The molecule has 0 saturated heterocycles. The van der Waals surface area contributed by atoms with Crippen LogP contribution in [0, 0.1) is 12.0 Å². The second-order valence-electron chi connectivity index (χ2n) is 7.18. The Labute approximate surface area is 160 Å². The van der Waals surface area contributed by atoms with Crippen LogP contribution < -0.4 is 5.73 Å². The van der Waals surface area contributed by atoms with Crippen LogP contribution >= 0.6 is 0 Å². The zero-order chi connectivity index (χ0) is 21.0. The number of benzene rings is 2. The molecule has 27 heavy (non-hydrogen) atoms. The molecule has 0 fully saturated rings. The van der Waals surface area contributed by atoms with Crippen molar-refractivity contribution in [3.8, 4) is 0 Å². The van der Waals surface area contributed by atoms with E-state index in [0.717, 1.165) is 5.56 Å². The number of carboxylic acid groups (broad SMARTS) is 2. The molecule has 144 valence electrons. The summed E-state index contributed by atoms with van der Waals surface area (Å²) in [5.74, 6) is -1.92. The minimum atomic E-state index is -1.00. The third-order valence-electron chi connectivity index (χ3n) is 2.63. The van der Waals surface area contributed by atoms with Crippen molar-refractivity contribution in [1.29, 1.82) is 0 Å². The quantitative estimate of drug-likeness (QED) is 0.671. The standard InChI is InChI=1S/C8H5NO2.C8H9NO2.C5H12/c1-9-7-4-2-3-6(5-7)8(10)11;9-5-6-2-1-3-7(4-6)8(10)11;1-5(2,3)4/h2-5H,(H,10,11);1-4H,5,9H2,(H,10,11);1-4H3. The Balaban J connectivity index is 0.000000405. The Morgan fingerprint density at radius 3 is 1.81 bits per heavy atom. The molecule has 0 aliphatic rings. The average molecular weight is 370 g/mol. The molecule has 0 aromatic heterocycles. The molecule has 0 saturated carbocycles. The van der Waals surface area contributed by atoms with Crippen LogP contribution in [0.4, 0.5) is 5.69 Å². The maximum Gasteiger partial charge on any atom is 0.335 e. The van der Waals surface area contributed by atoms with Crippen LogP contribution in [0.1, 0.15) is 54.0 Å². The second kappa shape index (κ2) is 11.4. The fraction of sp³-hybridized carbons (Fsp3) is 0.286. The number of hydrogen-bond donors (Lipinski definition) is 3. The first-order chi connectivity index (χ1) is 12.5. The molecule has 6 heteroatoms. The van der Waals surface area contributed by atoms with Gasteiger partial charge in [-0.3, -0.25) is 0 Å². The van der Waals surface area contributed by atoms with Crippen molar-refractivity contribution < 1.29 is 19.8 Å². The minimum Gasteiger partial charge on any atom is -0.478 e. The van der Waals surface area contributed by atoms with E-state index in [9.17, 15) is 9.59 Å². The molecule has 0 unspecified atom stereocenters. The number of nitrogens with zero attached hydrogens (tertiary/aromatic N) is 1. The van der Waals surface area contributed by atoms with Crippen LogP contribution in [0.5, 0.6) is 0 Å². The lowest BCUT2D eigenvalue weighted by molar-refractivity contribution is 0.0686. The van der Waals surface area contributed by atoms with E-state index >= 15 is 0 Å². The van der Waals surface area contributed by atoms with Crippen molar-refractivity contribution in [3.05, 3.63) is 76.6 Å². The summed E-state index contributed by atoms with van der Waals surface area (Å²) in [6.45, 7) is 15.7. The molecular formula is C21H26N2O4. The molecule has 0 bridgehead atoms. The zero-order valence-electron chi connectivity index (χ0n) is 16.1. The van der Waals surface area contributed by atoms with E-state index in [-0.39, 0.29) is 11.1 Å². The SMILES string of the molecule is CC(C)(C)C.NCc1cccc(C(=O)O)c1.[C-]#[N+]c1cccc(C(=O)O)c1. The van der Waals surface area contributed by atoms with Gasteiger partial charge in [0.05, 0.1) is 12.1 Å². The monoisotopic (exact) mass is 370 g/mol. The van der Waals surface area contributed by atoms with Gasteiger partial charge in [0.1, 0.15) is 0 Å². The van der Waals surface area contributed by atoms with E-state index in [2.05, 4.69) is 32.5 Å². The van der Waals surface area contributed by atoms with Crippen molar-refractivity contribution in [2.45, 2.75) is 34.2 Å². The highest BCUT2D eigenvalue weighted by Crippen LogP contribution is 2.13. The van der Waals surface area contributed by atoms with Gasteiger partial charge in [0.15, 0.2) is 5.69 Å². The molecule has 2 rings (SSSR count). The van der Waals surface area contributed by atoms with Gasteiger partial charge in [-0.1, -0.05) is 58.0 Å². The molecule has 0 heterocycles. The van der Waals surface area contributed by atoms with Gasteiger partial charge in [-0.05, 0) is 29.2 Å². The zero-order valence-corrected chi connectivity index (χ0v) is 16.1. The Morgan fingerprint density at radius 2 is 1.41 bits per heavy atom. The Bertz CT molecular complexity index is 796. The summed E-state index contributed by atoms with van der Waals surface area (Å²) in [5, 5.41) is 17.1. The predicted molar refractivity (Wildman–Crippen MR) is 106 cm³/mol. The number of nitrogens with two attached hydrogens (primary N) is 1. The first-order valence-electron chi connectivity index (χ1n) is 8.21. The first-order valence-corrected chi connectivity index (χ1v) is 8.21. The van der Waals surface area contributed by atoms with Gasteiger partial charge in [0, 0.05) is 12.1 Å². The van der Waals surface area contributed by atoms with E-state index in [1.807, 2.05) is 0 Å². The van der Waals surface area contributed by atoms with Crippen LogP contribution in [0.2, 0.25) is 0 Å². The summed E-state index contributed by atoms with van der Waals surface area (Å²) < 4.78 is 0. The number of rotatable bonds is 3. The van der Waals surface area contributed by atoms with Gasteiger partial charge < -0.3 is 15.9 Å². The van der Waals surface area contributed by atoms with Crippen LogP contribution in [-0.4, -0.2) is 22.2 Å². The molecule has 0 aliphatic carbocycles. The third-order valence-corrected chi connectivity index (χ3v) is 2.63. The van der Waals surface area contributed by atoms with Gasteiger partial charge in [-0.25, -0.2) is 14.4 Å². The normalized spacial score (nSPS) is 9.63. The van der Waals surface area contributed by atoms with Gasteiger partial charge in [-0.2, -0.15) is 0 Å². The van der Waals surface area contributed by atoms with Crippen LogP contribution in [0.25, 0.3) is 4.85 Å². The van der Waals surface area contributed by atoms with Crippen molar-refractivity contribution in [3.63, 3.8) is 0 Å². The highest BCUT2D eigenvalue weighted by atomic mass is 16.4. The third kappa shape index (κ3) is 11.9. The predicted octanol–water partition coefficient (Wildman–Crippen LogP) is 4.83. The van der Waals surface area contributed by atoms with Gasteiger partial charge >= 0.3 is 11.9 Å². The molecule has 0 aliphatic heterocycles. The van der Waals surface area contributed by atoms with Gasteiger partial charge in [0.2, 0.25) is 0 Å². The second-order valence-corrected chi connectivity index (χ2v) is 7.18. The number of carboxylic acids is 2. The lowest BCUT2D eigenvalue weighted by atomic mass is 10.0. The van der Waals surface area contributed by atoms with E-state index in [1.165, 1.54) is 12.1 Å². The van der Waals surface area contributed by atoms with Crippen molar-refractivity contribution in [1.82, 2.24) is 0 Å². The van der Waals surface area contributed by atoms with Crippen molar-refractivity contribution >= 4 is 17.6 Å². The summed E-state index contributed by atoms with van der Waals surface area (Å²) in [7, 11) is 0. The van der Waals surface area contributed by atoms with Crippen LogP contribution in [-0.2, 0) is 6.54 Å². The lowest BCUT2D eigenvalue weighted by Crippen LogP contribution is -2.00. The molecule has 0 spiro atoms. The van der Waals surface area contributed by atoms with Crippen molar-refractivity contribution in [2.75, 3.05) is 0 Å². The molecule has 4 N–H and O–H groups in total. The molecule has 0 atom stereocenters. The Hall–Kier alpha value is -3.17. The summed E-state index contributed by atoms with van der Waals surface area (Å²) in [5.41, 5.74) is 7.45. The van der Waals surface area contributed by atoms with Crippen LogP contribution in [0.15, 0.2) is 48.5 Å². The molecule has 0 radical (unpaired) electrons. The molecule has 2 aromatic rings. The van der Waals surface area contributed by atoms with Crippen molar-refractivity contribution in [2.24, 2.45) is 11.1 Å². The number of hydrogen-bond acceptors (Lipinski definition) is 3. The van der Waals surface area contributed by atoms with Crippen LogP contribution in [0.3, 0.4) is 0 Å². The lowest BCUT2D eigenvalue weighted by Gasteiger charge is -2.05. The van der Waals surface area contributed by atoms with E-state index in [4.69, 9.17) is 22.5 Å². The highest BCUT2D eigenvalue weighted by Gasteiger charge is 2.02. The van der Waals surface area contributed by atoms with E-state index in [0.29, 0.717) is 17.6 Å². The topological polar surface area (TPSA) is 105 Å². The summed E-state index contributed by atoms with van der Waals surface area (Å²) in [4.78, 5) is 23.9. The maximum absolute atomic E-state index is 10.4. The fourth-order valence-electron chi connectivity index (χ4n) is 1.54. The number of aromatic carboxylic acids is 2. The Kier molecular flexibility index (Phi) is 10.1. The summed E-state index contributed by atoms with van der Waals surface area (Å²) in [6, 6.07) is 12.5. The smallest absolute Gasteiger partial charge is 0.335 e. The summed E-state index contributed by atoms with van der Waals surface area (Å²) >= 11 is 0. The average Bonchev–Trinajstić information content (AvgIpc) is 2.61. The fourth-order valence-corrected chi connectivity index (χ4v) is 1.54. The largest absolute Gasteiger partial charge is 0.478 e. The van der Waals surface area contributed by atoms with Gasteiger partial charge in [0.25, 0.3) is 0 Å². The molecule has 2 aromatic carbocycles. The molecular weight excluding hydrogens is 344 g/mol. The highest BCUT2D eigenvalue weighted by molar-refractivity contribution is 5.89. The molecule has 0 amide bonds. The van der Waals surface area contributed by atoms with E-state index < -0.39 is 11.9 Å². The molecule has 6 nitrogen and oxygen atoms in total. The number of carbonyl (C=O) groups is 2. The first kappa shape index (κ1) is 23.8.